The van der Waals surface area contributed by atoms with Crippen LogP contribution in [0.5, 0.6) is 5.75 Å². The van der Waals surface area contributed by atoms with E-state index >= 15 is 0 Å². The maximum atomic E-state index is 5.15. The summed E-state index contributed by atoms with van der Waals surface area (Å²) in [5.41, 5.74) is 1.42. The van der Waals surface area contributed by atoms with E-state index in [1.807, 2.05) is 12.1 Å². The second kappa shape index (κ2) is 6.44. The number of benzene rings is 1. The van der Waals surface area contributed by atoms with Gasteiger partial charge in [-0.1, -0.05) is 34.5 Å². The van der Waals surface area contributed by atoms with Crippen molar-refractivity contribution in [1.82, 2.24) is 0 Å². The molecule has 0 bridgehead atoms. The first-order chi connectivity index (χ1) is 8.29. The molecule has 1 aliphatic carbocycles. The normalized spacial score (nSPS) is 16.8. The maximum Gasteiger partial charge on any atom is 0.118 e. The van der Waals surface area contributed by atoms with Crippen LogP contribution in [0, 0.1) is 5.92 Å². The molecule has 0 radical (unpaired) electrons. The summed E-state index contributed by atoms with van der Waals surface area (Å²) in [7, 11) is 1.71. The molecule has 17 heavy (non-hydrogen) atoms. The number of methoxy groups -OCH3 is 1. The highest BCUT2D eigenvalue weighted by atomic mass is 79.9. The van der Waals surface area contributed by atoms with Crippen molar-refractivity contribution in [2.45, 2.75) is 43.4 Å². The molecule has 2 rings (SSSR count). The highest BCUT2D eigenvalue weighted by Crippen LogP contribution is 2.38. The Morgan fingerprint density at radius 2 is 1.94 bits per heavy atom. The summed E-state index contributed by atoms with van der Waals surface area (Å²) in [5, 5.41) is 0. The van der Waals surface area contributed by atoms with E-state index in [0.29, 0.717) is 0 Å². The number of unbranched alkanes of at least 4 members (excludes halogenated alkanes) is 1. The molecule has 0 amide bonds. The van der Waals surface area contributed by atoms with Gasteiger partial charge in [-0.3, -0.25) is 0 Å². The van der Waals surface area contributed by atoms with Gasteiger partial charge in [0.05, 0.1) is 7.11 Å². The highest BCUT2D eigenvalue weighted by Gasteiger charge is 2.28. The van der Waals surface area contributed by atoms with Gasteiger partial charge in [-0.15, -0.1) is 0 Å². The van der Waals surface area contributed by atoms with Crippen LogP contribution >= 0.6 is 15.9 Å². The van der Waals surface area contributed by atoms with E-state index in [0.717, 1.165) is 16.5 Å². The molecule has 2 heteroatoms. The SMILES string of the molecule is COc1ccc(CCCCC(Br)C2CC2)cc1. The van der Waals surface area contributed by atoms with Gasteiger partial charge in [0.25, 0.3) is 0 Å². The predicted molar refractivity (Wildman–Crippen MR) is 76.0 cm³/mol. The molecule has 0 aromatic heterocycles. The first-order valence-corrected chi connectivity index (χ1v) is 7.48. The average Bonchev–Trinajstić information content (AvgIpc) is 3.19. The van der Waals surface area contributed by atoms with Gasteiger partial charge in [-0.25, -0.2) is 0 Å². The molecule has 0 spiro atoms. The average molecular weight is 297 g/mol. The molecule has 1 aromatic carbocycles. The minimum Gasteiger partial charge on any atom is -0.497 e. The van der Waals surface area contributed by atoms with Crippen molar-refractivity contribution < 1.29 is 4.74 Å². The van der Waals surface area contributed by atoms with Crippen LogP contribution in [0.15, 0.2) is 24.3 Å². The third-order valence-corrected chi connectivity index (χ3v) is 4.69. The maximum absolute atomic E-state index is 5.15. The van der Waals surface area contributed by atoms with Crippen molar-refractivity contribution in [3.8, 4) is 5.75 Å². The van der Waals surface area contributed by atoms with Crippen LogP contribution in [0.2, 0.25) is 0 Å². The summed E-state index contributed by atoms with van der Waals surface area (Å²) < 4.78 is 5.15. The molecule has 1 aliphatic rings. The monoisotopic (exact) mass is 296 g/mol. The molecule has 1 saturated carbocycles. The van der Waals surface area contributed by atoms with Crippen molar-refractivity contribution in [2.75, 3.05) is 7.11 Å². The Morgan fingerprint density at radius 3 is 2.53 bits per heavy atom. The Bertz CT molecular complexity index is 329. The summed E-state index contributed by atoms with van der Waals surface area (Å²) in [6.45, 7) is 0. The summed E-state index contributed by atoms with van der Waals surface area (Å²) in [6, 6.07) is 8.44. The van der Waals surface area contributed by atoms with Gasteiger partial charge in [-0.2, -0.15) is 0 Å². The zero-order chi connectivity index (χ0) is 12.1. The van der Waals surface area contributed by atoms with Crippen molar-refractivity contribution in [2.24, 2.45) is 5.92 Å². The second-order valence-corrected chi connectivity index (χ2v) is 6.12. The van der Waals surface area contributed by atoms with Crippen molar-refractivity contribution in [3.05, 3.63) is 29.8 Å². The Morgan fingerprint density at radius 1 is 1.24 bits per heavy atom. The standard InChI is InChI=1S/C15H21BrO/c1-17-14-10-6-12(7-11-14)4-2-3-5-15(16)13-8-9-13/h6-7,10-11,13,15H,2-5,8-9H2,1H3. The van der Waals surface area contributed by atoms with Crippen LogP contribution in [0.1, 0.15) is 37.7 Å². The number of alkyl halides is 1. The van der Waals surface area contributed by atoms with E-state index < -0.39 is 0 Å². The van der Waals surface area contributed by atoms with E-state index in [1.165, 1.54) is 44.1 Å². The number of aryl methyl sites for hydroxylation is 1. The first-order valence-electron chi connectivity index (χ1n) is 6.56. The molecule has 0 heterocycles. The predicted octanol–water partition coefficient (Wildman–Crippen LogP) is 4.58. The summed E-state index contributed by atoms with van der Waals surface area (Å²) >= 11 is 3.79. The van der Waals surface area contributed by atoms with Gasteiger partial charge < -0.3 is 4.74 Å². The second-order valence-electron chi connectivity index (χ2n) is 4.95. The minimum atomic E-state index is 0.776. The largest absolute Gasteiger partial charge is 0.497 e. The summed E-state index contributed by atoms with van der Waals surface area (Å²) in [6.07, 6.45) is 8.03. The van der Waals surface area contributed by atoms with Gasteiger partial charge in [0.1, 0.15) is 5.75 Å². The first kappa shape index (κ1) is 12.9. The molecule has 94 valence electrons. The van der Waals surface area contributed by atoms with Crippen molar-refractivity contribution >= 4 is 15.9 Å². The Labute approximate surface area is 113 Å². The minimum absolute atomic E-state index is 0.776. The summed E-state index contributed by atoms with van der Waals surface area (Å²) in [4.78, 5) is 0.776. The van der Waals surface area contributed by atoms with Crippen molar-refractivity contribution in [1.29, 1.82) is 0 Å². The lowest BCUT2D eigenvalue weighted by molar-refractivity contribution is 0.414. The van der Waals surface area contributed by atoms with Crippen molar-refractivity contribution in [3.63, 3.8) is 0 Å². The van der Waals surface area contributed by atoms with Gasteiger partial charge in [0, 0.05) is 4.83 Å². The molecule has 1 nitrogen and oxygen atoms in total. The molecular formula is C15H21BrO. The van der Waals surface area contributed by atoms with Gasteiger partial charge in [0.15, 0.2) is 0 Å². The highest BCUT2D eigenvalue weighted by molar-refractivity contribution is 9.09. The lowest BCUT2D eigenvalue weighted by Crippen LogP contribution is -2.00. The van der Waals surface area contributed by atoms with Crippen LogP contribution in [0.4, 0.5) is 0 Å². The molecule has 0 saturated heterocycles. The number of rotatable bonds is 7. The zero-order valence-corrected chi connectivity index (χ0v) is 12.1. The topological polar surface area (TPSA) is 9.23 Å². The quantitative estimate of drug-likeness (QED) is 0.528. The van der Waals surface area contributed by atoms with Gasteiger partial charge in [-0.05, 0) is 55.7 Å². The van der Waals surface area contributed by atoms with Gasteiger partial charge in [0.2, 0.25) is 0 Å². The van der Waals surface area contributed by atoms with E-state index in [4.69, 9.17) is 4.74 Å². The van der Waals surface area contributed by atoms with Crippen LogP contribution in [0.25, 0.3) is 0 Å². The molecule has 1 aromatic rings. The van der Waals surface area contributed by atoms with Crippen LogP contribution < -0.4 is 4.74 Å². The molecule has 1 atom stereocenters. The molecule has 1 unspecified atom stereocenters. The lowest BCUT2D eigenvalue weighted by Gasteiger charge is -2.07. The fourth-order valence-electron chi connectivity index (χ4n) is 2.15. The zero-order valence-electron chi connectivity index (χ0n) is 10.5. The third kappa shape index (κ3) is 4.34. The van der Waals surface area contributed by atoms with Crippen LogP contribution in [0.3, 0.4) is 0 Å². The number of hydrogen-bond donors (Lipinski definition) is 0. The number of ether oxygens (including phenoxy) is 1. The smallest absolute Gasteiger partial charge is 0.118 e. The number of halogens is 1. The third-order valence-electron chi connectivity index (χ3n) is 3.49. The fourth-order valence-corrected chi connectivity index (χ4v) is 3.01. The number of hydrogen-bond acceptors (Lipinski definition) is 1. The van der Waals surface area contributed by atoms with E-state index in [1.54, 1.807) is 7.11 Å². The van der Waals surface area contributed by atoms with Crippen LogP contribution in [-0.4, -0.2) is 11.9 Å². The lowest BCUT2D eigenvalue weighted by atomic mass is 10.0. The van der Waals surface area contributed by atoms with E-state index in [9.17, 15) is 0 Å². The van der Waals surface area contributed by atoms with Crippen LogP contribution in [-0.2, 0) is 6.42 Å². The summed E-state index contributed by atoms with van der Waals surface area (Å²) in [5.74, 6) is 1.93. The molecule has 0 aliphatic heterocycles. The Kier molecular flexibility index (Phi) is 4.90. The molecule has 0 N–H and O–H groups in total. The molecule has 1 fully saturated rings. The Balaban J connectivity index is 1.63. The van der Waals surface area contributed by atoms with Gasteiger partial charge >= 0.3 is 0 Å². The fraction of sp³-hybridized carbons (Fsp3) is 0.600. The Hall–Kier alpha value is -0.500. The molecular weight excluding hydrogens is 276 g/mol. The van der Waals surface area contributed by atoms with E-state index in [-0.39, 0.29) is 0 Å². The van der Waals surface area contributed by atoms with E-state index in [2.05, 4.69) is 28.1 Å².